The van der Waals surface area contributed by atoms with Gasteiger partial charge in [-0.3, -0.25) is 19.2 Å². The molecule has 0 amide bonds. The highest BCUT2D eigenvalue weighted by atomic mass is 15.3. The lowest BCUT2D eigenvalue weighted by atomic mass is 9.91. The summed E-state index contributed by atoms with van der Waals surface area (Å²) in [5, 5.41) is 0. The molecule has 1 saturated heterocycles. The van der Waals surface area contributed by atoms with Crippen LogP contribution in [0.1, 0.15) is 56.1 Å². The Bertz CT molecular complexity index is 1070. The average molecular weight is 448 g/mol. The zero-order valence-corrected chi connectivity index (χ0v) is 20.3. The van der Waals surface area contributed by atoms with Gasteiger partial charge in [0, 0.05) is 51.3 Å². The molecule has 3 aromatic rings. The first-order chi connectivity index (χ1) is 16.1. The van der Waals surface area contributed by atoms with E-state index in [0.717, 1.165) is 68.8 Å². The number of pyridine rings is 1. The van der Waals surface area contributed by atoms with E-state index in [2.05, 4.69) is 58.3 Å². The molecule has 1 aliphatic carbocycles. The summed E-state index contributed by atoms with van der Waals surface area (Å²) in [6.07, 6.45) is 10.8. The number of rotatable bonds is 7. The van der Waals surface area contributed by atoms with Gasteiger partial charge in [-0.05, 0) is 62.9 Å². The fourth-order valence-corrected chi connectivity index (χ4v) is 5.26. The van der Waals surface area contributed by atoms with Crippen LogP contribution in [0.5, 0.6) is 0 Å². The average Bonchev–Trinajstić information content (AvgIpc) is 3.25. The largest absolute Gasteiger partial charge is 0.339 e. The summed E-state index contributed by atoms with van der Waals surface area (Å²) in [7, 11) is 2.20. The molecule has 0 N–H and O–H groups in total. The number of aryl methyl sites for hydroxylation is 1. The Morgan fingerprint density at radius 3 is 2.76 bits per heavy atom. The van der Waals surface area contributed by atoms with Gasteiger partial charge < -0.3 is 4.90 Å². The molecule has 7 nitrogen and oxygen atoms in total. The van der Waals surface area contributed by atoms with E-state index < -0.39 is 0 Å². The van der Waals surface area contributed by atoms with Crippen LogP contribution in [0, 0.1) is 5.92 Å². The van der Waals surface area contributed by atoms with E-state index in [9.17, 15) is 0 Å². The maximum Gasteiger partial charge on any atom is 0.211 e. The van der Waals surface area contributed by atoms with Crippen molar-refractivity contribution in [2.75, 3.05) is 44.7 Å². The second kappa shape index (κ2) is 9.77. The number of aromatic nitrogens is 4. The highest BCUT2D eigenvalue weighted by molar-refractivity contribution is 5.48. The summed E-state index contributed by atoms with van der Waals surface area (Å²) in [5.41, 5.74) is 4.71. The van der Waals surface area contributed by atoms with Crippen LogP contribution in [0.4, 0.5) is 5.95 Å². The third kappa shape index (κ3) is 4.89. The van der Waals surface area contributed by atoms with Gasteiger partial charge in [0.2, 0.25) is 5.95 Å². The molecule has 33 heavy (non-hydrogen) atoms. The van der Waals surface area contributed by atoms with E-state index in [1.165, 1.54) is 30.6 Å². The van der Waals surface area contributed by atoms with Gasteiger partial charge in [-0.25, -0.2) is 9.97 Å². The van der Waals surface area contributed by atoms with Gasteiger partial charge in [-0.1, -0.05) is 19.9 Å². The zero-order valence-electron chi connectivity index (χ0n) is 20.3. The van der Waals surface area contributed by atoms with Gasteiger partial charge in [0.05, 0.1) is 17.4 Å². The minimum absolute atomic E-state index is 0.358. The third-order valence-corrected chi connectivity index (χ3v) is 7.20. The van der Waals surface area contributed by atoms with E-state index >= 15 is 0 Å². The van der Waals surface area contributed by atoms with E-state index in [0.29, 0.717) is 6.04 Å². The predicted octanol–water partition coefficient (Wildman–Crippen LogP) is 3.80. The Kier molecular flexibility index (Phi) is 6.60. The van der Waals surface area contributed by atoms with Crippen LogP contribution in [0.25, 0.3) is 5.65 Å². The summed E-state index contributed by atoms with van der Waals surface area (Å²) >= 11 is 0. The summed E-state index contributed by atoms with van der Waals surface area (Å²) in [6.45, 7) is 10.8. The molecule has 0 aromatic carbocycles. The second-order valence-corrected chi connectivity index (χ2v) is 10.1. The molecule has 0 spiro atoms. The molecular weight excluding hydrogens is 410 g/mol. The molecule has 176 valence electrons. The third-order valence-electron chi connectivity index (χ3n) is 7.20. The molecule has 0 saturated carbocycles. The molecule has 0 radical (unpaired) electrons. The number of imidazole rings is 1. The number of piperazine rings is 1. The van der Waals surface area contributed by atoms with Crippen LogP contribution in [-0.4, -0.2) is 68.9 Å². The van der Waals surface area contributed by atoms with Gasteiger partial charge in [-0.2, -0.15) is 0 Å². The summed E-state index contributed by atoms with van der Waals surface area (Å²) < 4.78 is 2.18. The summed E-state index contributed by atoms with van der Waals surface area (Å²) in [5.74, 6) is 1.78. The molecule has 4 heterocycles. The van der Waals surface area contributed by atoms with Crippen LogP contribution < -0.4 is 4.90 Å². The van der Waals surface area contributed by atoms with Crippen molar-refractivity contribution in [1.82, 2.24) is 29.2 Å². The molecule has 1 aliphatic heterocycles. The SMILES string of the molecule is CC(C)CCN1CCN(c2nccc3nc(CN(C)C4CCCc5cccnc54)cn23)CC1. The predicted molar refractivity (Wildman–Crippen MR) is 132 cm³/mol. The zero-order chi connectivity index (χ0) is 22.8. The van der Waals surface area contributed by atoms with Crippen LogP contribution in [0.2, 0.25) is 0 Å². The van der Waals surface area contributed by atoms with Gasteiger partial charge >= 0.3 is 0 Å². The molecule has 0 bridgehead atoms. The number of fused-ring (bicyclic) bond motifs is 2. The molecule has 1 unspecified atom stereocenters. The number of nitrogens with zero attached hydrogens (tertiary/aromatic N) is 7. The Morgan fingerprint density at radius 2 is 1.94 bits per heavy atom. The van der Waals surface area contributed by atoms with Crippen LogP contribution in [-0.2, 0) is 13.0 Å². The Morgan fingerprint density at radius 1 is 1.09 bits per heavy atom. The van der Waals surface area contributed by atoms with E-state index in [1.54, 1.807) is 0 Å². The lowest BCUT2D eigenvalue weighted by Gasteiger charge is -2.35. The lowest BCUT2D eigenvalue weighted by molar-refractivity contribution is 0.206. The minimum Gasteiger partial charge on any atom is -0.339 e. The maximum atomic E-state index is 4.95. The fraction of sp³-hybridized carbons (Fsp3) is 0.577. The van der Waals surface area contributed by atoms with Crippen LogP contribution in [0.15, 0.2) is 36.8 Å². The number of anilines is 1. The summed E-state index contributed by atoms with van der Waals surface area (Å²) in [6, 6.07) is 6.66. The topological polar surface area (TPSA) is 52.8 Å². The van der Waals surface area contributed by atoms with Crippen molar-refractivity contribution in [1.29, 1.82) is 0 Å². The first-order valence-electron chi connectivity index (χ1n) is 12.5. The highest BCUT2D eigenvalue weighted by Crippen LogP contribution is 2.32. The second-order valence-electron chi connectivity index (χ2n) is 10.1. The van der Waals surface area contributed by atoms with E-state index in [-0.39, 0.29) is 0 Å². The van der Waals surface area contributed by atoms with Crippen molar-refractivity contribution in [3.63, 3.8) is 0 Å². The van der Waals surface area contributed by atoms with Crippen molar-refractivity contribution < 1.29 is 0 Å². The molecule has 5 rings (SSSR count). The summed E-state index contributed by atoms with van der Waals surface area (Å²) in [4.78, 5) is 21.8. The maximum absolute atomic E-state index is 4.95. The first kappa shape index (κ1) is 22.3. The van der Waals surface area contributed by atoms with Crippen molar-refractivity contribution in [3.8, 4) is 0 Å². The van der Waals surface area contributed by atoms with Crippen molar-refractivity contribution in [3.05, 3.63) is 53.7 Å². The lowest BCUT2D eigenvalue weighted by Crippen LogP contribution is -2.47. The molecule has 3 aromatic heterocycles. The number of hydrogen-bond acceptors (Lipinski definition) is 6. The Balaban J connectivity index is 1.29. The molecule has 2 aliphatic rings. The van der Waals surface area contributed by atoms with Crippen LogP contribution in [0.3, 0.4) is 0 Å². The molecule has 7 heteroatoms. The molecule has 1 fully saturated rings. The number of hydrogen-bond donors (Lipinski definition) is 0. The van der Waals surface area contributed by atoms with Crippen molar-refractivity contribution in [2.24, 2.45) is 5.92 Å². The van der Waals surface area contributed by atoms with Gasteiger partial charge in [0.25, 0.3) is 0 Å². The van der Waals surface area contributed by atoms with Crippen LogP contribution >= 0.6 is 0 Å². The Hall–Kier alpha value is -2.51. The van der Waals surface area contributed by atoms with E-state index in [1.807, 2.05) is 18.5 Å². The first-order valence-corrected chi connectivity index (χ1v) is 12.5. The monoisotopic (exact) mass is 447 g/mol. The molecular formula is C26H37N7. The van der Waals surface area contributed by atoms with Gasteiger partial charge in [0.1, 0.15) is 5.65 Å². The minimum atomic E-state index is 0.358. The van der Waals surface area contributed by atoms with Gasteiger partial charge in [0.15, 0.2) is 0 Å². The Labute approximate surface area is 197 Å². The normalized spacial score (nSPS) is 19.5. The van der Waals surface area contributed by atoms with E-state index in [4.69, 9.17) is 15.0 Å². The van der Waals surface area contributed by atoms with Gasteiger partial charge in [-0.15, -0.1) is 0 Å². The van der Waals surface area contributed by atoms with Crippen molar-refractivity contribution in [2.45, 2.75) is 52.1 Å². The quantitative estimate of drug-likeness (QED) is 0.549. The standard InChI is InChI=1S/C26H37N7/c1-20(2)10-13-31-14-16-32(17-15-31)26-28-12-9-24-29-22(19-33(24)26)18-30(3)23-8-4-6-21-7-5-11-27-25(21)23/h5,7,9,11-12,19-20,23H,4,6,8,10,13-18H2,1-3H3. The molecule has 1 atom stereocenters. The highest BCUT2D eigenvalue weighted by Gasteiger charge is 2.26. The van der Waals surface area contributed by atoms with Crippen molar-refractivity contribution >= 4 is 11.6 Å². The smallest absolute Gasteiger partial charge is 0.211 e. The fourth-order valence-electron chi connectivity index (χ4n) is 5.26.